The van der Waals surface area contributed by atoms with Crippen molar-refractivity contribution in [3.63, 3.8) is 0 Å². The summed E-state index contributed by atoms with van der Waals surface area (Å²) in [4.78, 5) is 1.13. The first-order valence-corrected chi connectivity index (χ1v) is 3.92. The molecule has 0 aliphatic heterocycles. The van der Waals surface area contributed by atoms with Crippen LogP contribution >= 0.6 is 28.1 Å². The highest BCUT2D eigenvalue weighted by Crippen LogP contribution is 1.94. The Bertz CT molecular complexity index is 61.1. The average molecular weight is 181 g/mol. The van der Waals surface area contributed by atoms with Gasteiger partial charge in [0.2, 0.25) is 0 Å². The summed E-state index contributed by atoms with van der Waals surface area (Å²) in [5, 5.41) is 0.885. The molecule has 0 spiro atoms. The molecule has 0 aromatic heterocycles. The van der Waals surface area contributed by atoms with Crippen LogP contribution in [-0.4, -0.2) is 10.2 Å². The fourth-order valence-electron chi connectivity index (χ4n) is 0.346. The van der Waals surface area contributed by atoms with Gasteiger partial charge in [-0.3, -0.25) is 0 Å². The zero-order valence-corrected chi connectivity index (χ0v) is 6.81. The third-order valence-corrected chi connectivity index (χ3v) is 2.07. The fraction of sp³-hybridized carbons (Fsp3) is 0.800. The molecule has 0 aromatic carbocycles. The molecule has 42 valence electrons. The highest BCUT2D eigenvalue weighted by molar-refractivity contribution is 9.09. The highest BCUT2D eigenvalue weighted by atomic mass is 79.9. The van der Waals surface area contributed by atoms with E-state index in [0.29, 0.717) is 0 Å². The largest absolute Gasteiger partial charge is 0.0888 e. The number of rotatable bonds is 3. The fourth-order valence-corrected chi connectivity index (χ4v) is 0.830. The van der Waals surface area contributed by atoms with Crippen LogP contribution in [-0.2, 0) is 0 Å². The highest BCUT2D eigenvalue weighted by Gasteiger charge is 1.87. The summed E-state index contributed by atoms with van der Waals surface area (Å²) in [6, 6.07) is 0. The van der Waals surface area contributed by atoms with Gasteiger partial charge in [-0.15, -0.1) is 0 Å². The molecule has 0 unspecified atom stereocenters. The second-order valence-electron chi connectivity index (χ2n) is 1.42. The van der Waals surface area contributed by atoms with Gasteiger partial charge in [-0.1, -0.05) is 41.5 Å². The maximum absolute atomic E-state index is 4.91. The molecule has 0 radical (unpaired) electrons. The van der Waals surface area contributed by atoms with E-state index in [0.717, 1.165) is 16.6 Å². The van der Waals surface area contributed by atoms with Crippen molar-refractivity contribution in [2.75, 3.05) is 5.33 Å². The molecule has 0 atom stereocenters. The van der Waals surface area contributed by atoms with E-state index in [1.165, 1.54) is 6.42 Å². The molecule has 0 amide bonds. The van der Waals surface area contributed by atoms with Gasteiger partial charge in [0.1, 0.15) is 0 Å². The van der Waals surface area contributed by atoms with Gasteiger partial charge >= 0.3 is 0 Å². The Morgan fingerprint density at radius 3 is 2.43 bits per heavy atom. The lowest BCUT2D eigenvalue weighted by Crippen LogP contribution is -1.91. The Hall–Kier alpha value is 0.570. The Kier molecular flexibility index (Phi) is 5.11. The lowest BCUT2D eigenvalue weighted by molar-refractivity contribution is 1.00. The normalized spacial score (nSPS) is 8.86. The van der Waals surface area contributed by atoms with E-state index in [4.69, 9.17) is 12.2 Å². The van der Waals surface area contributed by atoms with E-state index in [2.05, 4.69) is 22.9 Å². The maximum atomic E-state index is 4.91. The molecule has 0 aliphatic carbocycles. The smallest absolute Gasteiger partial charge is 0.0346 e. The van der Waals surface area contributed by atoms with Crippen molar-refractivity contribution >= 4 is 33.0 Å². The third kappa shape index (κ3) is 4.42. The van der Waals surface area contributed by atoms with E-state index in [9.17, 15) is 0 Å². The lowest BCUT2D eigenvalue weighted by Gasteiger charge is -1.90. The zero-order chi connectivity index (χ0) is 5.70. The van der Waals surface area contributed by atoms with Crippen molar-refractivity contribution in [1.82, 2.24) is 0 Å². The van der Waals surface area contributed by atoms with Crippen molar-refractivity contribution in [3.05, 3.63) is 0 Å². The van der Waals surface area contributed by atoms with Crippen molar-refractivity contribution in [2.24, 2.45) is 0 Å². The maximum Gasteiger partial charge on any atom is 0.0346 e. The summed E-state index contributed by atoms with van der Waals surface area (Å²) in [7, 11) is 0. The van der Waals surface area contributed by atoms with Gasteiger partial charge in [0.05, 0.1) is 0 Å². The summed E-state index contributed by atoms with van der Waals surface area (Å²) in [6.07, 6.45) is 2.25. The molecule has 0 aromatic rings. The van der Waals surface area contributed by atoms with Gasteiger partial charge < -0.3 is 0 Å². The van der Waals surface area contributed by atoms with Gasteiger partial charge in [0, 0.05) is 10.2 Å². The molecule has 0 heterocycles. The molecular weight excluding hydrogens is 172 g/mol. The topological polar surface area (TPSA) is 0 Å². The molecule has 0 fully saturated rings. The van der Waals surface area contributed by atoms with Gasteiger partial charge in [-0.2, -0.15) is 0 Å². The summed E-state index contributed by atoms with van der Waals surface area (Å²) >= 11 is 8.18. The first kappa shape index (κ1) is 7.57. The Morgan fingerprint density at radius 1 is 1.71 bits per heavy atom. The molecule has 0 nitrogen and oxygen atoms in total. The van der Waals surface area contributed by atoms with Crippen molar-refractivity contribution in [3.8, 4) is 0 Å². The molecule has 0 saturated carbocycles. The van der Waals surface area contributed by atoms with Crippen molar-refractivity contribution in [1.29, 1.82) is 0 Å². The monoisotopic (exact) mass is 180 g/mol. The third-order valence-electron chi connectivity index (χ3n) is 0.678. The Balaban J connectivity index is 3.00. The first-order valence-electron chi connectivity index (χ1n) is 2.39. The van der Waals surface area contributed by atoms with E-state index in [-0.39, 0.29) is 0 Å². The van der Waals surface area contributed by atoms with Crippen LogP contribution in [0.15, 0.2) is 0 Å². The zero-order valence-electron chi connectivity index (χ0n) is 4.41. The predicted molar refractivity (Wildman–Crippen MR) is 41.3 cm³/mol. The van der Waals surface area contributed by atoms with Crippen LogP contribution in [0.2, 0.25) is 0 Å². The first-order chi connectivity index (χ1) is 3.31. The molecular formula is C5H9BrS. The minimum Gasteiger partial charge on any atom is -0.0888 e. The van der Waals surface area contributed by atoms with Crippen LogP contribution < -0.4 is 0 Å². The SMILES string of the molecule is CCCC(=S)CBr. The van der Waals surface area contributed by atoms with Gasteiger partial charge in [0.15, 0.2) is 0 Å². The van der Waals surface area contributed by atoms with E-state index >= 15 is 0 Å². The standard InChI is InChI=1S/C5H9BrS/c1-2-3-5(7)4-6/h2-4H2,1H3. The second-order valence-corrected chi connectivity index (χ2v) is 2.56. The average Bonchev–Trinajstić information content (AvgIpc) is 1.68. The minimum atomic E-state index is 0.885. The quantitative estimate of drug-likeness (QED) is 0.476. The van der Waals surface area contributed by atoms with Crippen LogP contribution in [0.4, 0.5) is 0 Å². The van der Waals surface area contributed by atoms with Gasteiger partial charge in [-0.05, 0) is 6.42 Å². The van der Waals surface area contributed by atoms with Crippen LogP contribution in [0.5, 0.6) is 0 Å². The molecule has 7 heavy (non-hydrogen) atoms. The van der Waals surface area contributed by atoms with Crippen LogP contribution in [0.3, 0.4) is 0 Å². The van der Waals surface area contributed by atoms with Gasteiger partial charge in [-0.25, -0.2) is 0 Å². The molecule has 0 N–H and O–H groups in total. The minimum absolute atomic E-state index is 0.885. The van der Waals surface area contributed by atoms with Crippen molar-refractivity contribution in [2.45, 2.75) is 19.8 Å². The lowest BCUT2D eigenvalue weighted by atomic mass is 10.3. The Labute approximate surface area is 58.4 Å². The summed E-state index contributed by atoms with van der Waals surface area (Å²) in [5.41, 5.74) is 0. The number of alkyl halides is 1. The van der Waals surface area contributed by atoms with Crippen LogP contribution in [0.1, 0.15) is 19.8 Å². The van der Waals surface area contributed by atoms with Crippen molar-refractivity contribution < 1.29 is 0 Å². The van der Waals surface area contributed by atoms with Crippen LogP contribution in [0, 0.1) is 0 Å². The second kappa shape index (κ2) is 4.72. The molecule has 0 bridgehead atoms. The summed E-state index contributed by atoms with van der Waals surface area (Å²) < 4.78 is 0. The number of hydrogen-bond acceptors (Lipinski definition) is 1. The van der Waals surface area contributed by atoms with E-state index in [1.54, 1.807) is 0 Å². The van der Waals surface area contributed by atoms with E-state index in [1.807, 2.05) is 0 Å². The summed E-state index contributed by atoms with van der Waals surface area (Å²) in [5.74, 6) is 0. The van der Waals surface area contributed by atoms with E-state index < -0.39 is 0 Å². The number of halogens is 1. The number of thiocarbonyl (C=S) groups is 1. The molecule has 0 aliphatic rings. The molecule has 2 heteroatoms. The molecule has 0 saturated heterocycles. The number of hydrogen-bond donors (Lipinski definition) is 0. The summed E-state index contributed by atoms with van der Waals surface area (Å²) in [6.45, 7) is 2.13. The van der Waals surface area contributed by atoms with Crippen LogP contribution in [0.25, 0.3) is 0 Å². The molecule has 0 rings (SSSR count). The Morgan fingerprint density at radius 2 is 2.29 bits per heavy atom. The van der Waals surface area contributed by atoms with Gasteiger partial charge in [0.25, 0.3) is 0 Å². The predicted octanol–water partition coefficient (Wildman–Crippen LogP) is 2.55.